The molecule has 0 aliphatic carbocycles. The SMILES string of the molecule is C=CCN(C)CC(C)=CCCC(C)=CC=O. The number of carbonyl (C=O) groups excluding carboxylic acids is 1. The first-order valence-electron chi connectivity index (χ1n) is 5.66. The van der Waals surface area contributed by atoms with Crippen LogP contribution in [0.1, 0.15) is 26.7 Å². The predicted octanol–water partition coefficient (Wildman–Crippen LogP) is 2.98. The molecule has 2 heteroatoms. The van der Waals surface area contributed by atoms with Crippen molar-refractivity contribution in [3.8, 4) is 0 Å². The normalized spacial score (nSPS) is 13.0. The first kappa shape index (κ1) is 14.8. The fourth-order valence-corrected chi connectivity index (χ4v) is 1.52. The summed E-state index contributed by atoms with van der Waals surface area (Å²) < 4.78 is 0. The van der Waals surface area contributed by atoms with E-state index in [9.17, 15) is 4.79 Å². The summed E-state index contributed by atoms with van der Waals surface area (Å²) in [7, 11) is 2.08. The smallest absolute Gasteiger partial charge is 0.142 e. The van der Waals surface area contributed by atoms with E-state index < -0.39 is 0 Å². The van der Waals surface area contributed by atoms with Gasteiger partial charge in [0.1, 0.15) is 6.29 Å². The molecule has 0 fully saturated rings. The quantitative estimate of drug-likeness (QED) is 0.357. The Morgan fingerprint density at radius 1 is 1.31 bits per heavy atom. The second-order valence-electron chi connectivity index (χ2n) is 4.22. The molecule has 0 aliphatic heterocycles. The molecule has 0 atom stereocenters. The number of likely N-dealkylation sites (N-methyl/N-ethyl adjacent to an activating group) is 1. The number of rotatable bonds is 8. The molecule has 90 valence electrons. The van der Waals surface area contributed by atoms with Gasteiger partial charge >= 0.3 is 0 Å². The summed E-state index contributed by atoms with van der Waals surface area (Å²) in [5.41, 5.74) is 2.50. The summed E-state index contributed by atoms with van der Waals surface area (Å²) in [6.07, 6.45) is 8.59. The van der Waals surface area contributed by atoms with Crippen LogP contribution >= 0.6 is 0 Å². The van der Waals surface area contributed by atoms with Gasteiger partial charge in [0.25, 0.3) is 0 Å². The molecular formula is C14H23NO. The van der Waals surface area contributed by atoms with E-state index in [1.165, 1.54) is 5.57 Å². The van der Waals surface area contributed by atoms with Crippen molar-refractivity contribution in [2.24, 2.45) is 0 Å². The second-order valence-corrected chi connectivity index (χ2v) is 4.22. The number of aldehydes is 1. The number of hydrogen-bond acceptors (Lipinski definition) is 2. The average molecular weight is 221 g/mol. The van der Waals surface area contributed by atoms with E-state index in [0.29, 0.717) is 0 Å². The van der Waals surface area contributed by atoms with Crippen molar-refractivity contribution in [3.05, 3.63) is 36.0 Å². The van der Waals surface area contributed by atoms with Crippen LogP contribution in [0, 0.1) is 0 Å². The van der Waals surface area contributed by atoms with Gasteiger partial charge in [-0.1, -0.05) is 23.3 Å². The third-order valence-corrected chi connectivity index (χ3v) is 2.34. The Morgan fingerprint density at radius 2 is 2.00 bits per heavy atom. The first-order valence-corrected chi connectivity index (χ1v) is 5.66. The van der Waals surface area contributed by atoms with Crippen LogP contribution in [0.15, 0.2) is 36.0 Å². The van der Waals surface area contributed by atoms with Gasteiger partial charge in [-0.25, -0.2) is 0 Å². The number of nitrogens with zero attached hydrogens (tertiary/aromatic N) is 1. The van der Waals surface area contributed by atoms with Crippen LogP contribution in [0.5, 0.6) is 0 Å². The van der Waals surface area contributed by atoms with Crippen molar-refractivity contribution in [2.75, 3.05) is 20.1 Å². The van der Waals surface area contributed by atoms with Gasteiger partial charge in [0.05, 0.1) is 0 Å². The molecule has 0 unspecified atom stereocenters. The standard InChI is InChI=1S/C14H23NO/c1-5-10-15(4)12-14(3)8-6-7-13(2)9-11-16/h5,8-9,11H,1,6-7,10,12H2,2-4H3. The maximum atomic E-state index is 10.2. The van der Waals surface area contributed by atoms with E-state index in [-0.39, 0.29) is 0 Å². The van der Waals surface area contributed by atoms with Crippen molar-refractivity contribution < 1.29 is 4.79 Å². The Bertz CT molecular complexity index is 276. The molecule has 0 saturated heterocycles. The molecule has 0 aromatic rings. The zero-order valence-electron chi connectivity index (χ0n) is 10.7. The maximum Gasteiger partial charge on any atom is 0.142 e. The topological polar surface area (TPSA) is 20.3 Å². The predicted molar refractivity (Wildman–Crippen MR) is 70.5 cm³/mol. The third-order valence-electron chi connectivity index (χ3n) is 2.34. The highest BCUT2D eigenvalue weighted by Crippen LogP contribution is 2.06. The summed E-state index contributed by atoms with van der Waals surface area (Å²) in [6, 6.07) is 0. The van der Waals surface area contributed by atoms with Crippen LogP contribution in [-0.4, -0.2) is 31.3 Å². The molecule has 0 N–H and O–H groups in total. The molecule has 2 nitrogen and oxygen atoms in total. The maximum absolute atomic E-state index is 10.2. The van der Waals surface area contributed by atoms with Gasteiger partial charge in [-0.05, 0) is 39.8 Å². The van der Waals surface area contributed by atoms with E-state index in [1.54, 1.807) is 6.08 Å². The molecule has 0 radical (unpaired) electrons. The van der Waals surface area contributed by atoms with Crippen molar-refractivity contribution in [1.29, 1.82) is 0 Å². The molecule has 0 rings (SSSR count). The van der Waals surface area contributed by atoms with Crippen LogP contribution in [0.2, 0.25) is 0 Å². The van der Waals surface area contributed by atoms with Crippen molar-refractivity contribution in [2.45, 2.75) is 26.7 Å². The fourth-order valence-electron chi connectivity index (χ4n) is 1.52. The average Bonchev–Trinajstić information content (AvgIpc) is 2.18. The minimum absolute atomic E-state index is 0.851. The van der Waals surface area contributed by atoms with Gasteiger partial charge in [-0.3, -0.25) is 9.69 Å². The summed E-state index contributed by atoms with van der Waals surface area (Å²) >= 11 is 0. The molecular weight excluding hydrogens is 198 g/mol. The van der Waals surface area contributed by atoms with Crippen LogP contribution in [-0.2, 0) is 4.79 Å². The summed E-state index contributed by atoms with van der Waals surface area (Å²) in [5, 5.41) is 0. The lowest BCUT2D eigenvalue weighted by molar-refractivity contribution is -0.104. The van der Waals surface area contributed by atoms with Gasteiger partial charge in [-0.15, -0.1) is 6.58 Å². The van der Waals surface area contributed by atoms with E-state index in [1.807, 2.05) is 13.0 Å². The fraction of sp³-hybridized carbons (Fsp3) is 0.500. The Kier molecular flexibility index (Phi) is 8.45. The molecule has 0 amide bonds. The molecule has 0 bridgehead atoms. The Balaban J connectivity index is 3.90. The number of carbonyl (C=O) groups is 1. The highest BCUT2D eigenvalue weighted by atomic mass is 16.1. The molecule has 0 heterocycles. The summed E-state index contributed by atoms with van der Waals surface area (Å²) in [4.78, 5) is 12.4. The molecule has 16 heavy (non-hydrogen) atoms. The molecule has 0 spiro atoms. The van der Waals surface area contributed by atoms with E-state index in [4.69, 9.17) is 0 Å². The van der Waals surface area contributed by atoms with Crippen molar-refractivity contribution in [1.82, 2.24) is 4.90 Å². The highest BCUT2D eigenvalue weighted by molar-refractivity contribution is 5.65. The zero-order valence-corrected chi connectivity index (χ0v) is 10.7. The Hall–Kier alpha value is -1.15. The molecule has 0 aromatic carbocycles. The summed E-state index contributed by atoms with van der Waals surface area (Å²) in [6.45, 7) is 9.72. The third kappa shape index (κ3) is 8.18. The van der Waals surface area contributed by atoms with Crippen molar-refractivity contribution in [3.63, 3.8) is 0 Å². The van der Waals surface area contributed by atoms with Crippen LogP contribution in [0.25, 0.3) is 0 Å². The number of hydrogen-bond donors (Lipinski definition) is 0. The van der Waals surface area contributed by atoms with Crippen LogP contribution < -0.4 is 0 Å². The van der Waals surface area contributed by atoms with Gasteiger partial charge in [0.15, 0.2) is 0 Å². The Morgan fingerprint density at radius 3 is 2.56 bits per heavy atom. The van der Waals surface area contributed by atoms with Crippen molar-refractivity contribution >= 4 is 6.29 Å². The van der Waals surface area contributed by atoms with E-state index in [0.717, 1.165) is 37.8 Å². The van der Waals surface area contributed by atoms with Crippen LogP contribution in [0.3, 0.4) is 0 Å². The van der Waals surface area contributed by atoms with Crippen LogP contribution in [0.4, 0.5) is 0 Å². The lowest BCUT2D eigenvalue weighted by Crippen LogP contribution is -2.20. The molecule has 0 aromatic heterocycles. The zero-order chi connectivity index (χ0) is 12.4. The van der Waals surface area contributed by atoms with Gasteiger partial charge < -0.3 is 0 Å². The largest absolute Gasteiger partial charge is 0.299 e. The molecule has 0 saturated carbocycles. The minimum Gasteiger partial charge on any atom is -0.299 e. The van der Waals surface area contributed by atoms with E-state index >= 15 is 0 Å². The van der Waals surface area contributed by atoms with Gasteiger partial charge in [0, 0.05) is 13.1 Å². The van der Waals surface area contributed by atoms with Gasteiger partial charge in [0.2, 0.25) is 0 Å². The van der Waals surface area contributed by atoms with Gasteiger partial charge in [-0.2, -0.15) is 0 Å². The second kappa shape index (κ2) is 9.10. The number of allylic oxidation sites excluding steroid dienone is 3. The van der Waals surface area contributed by atoms with E-state index in [2.05, 4.69) is 31.5 Å². The monoisotopic (exact) mass is 221 g/mol. The highest BCUT2D eigenvalue weighted by Gasteiger charge is 1.96. The lowest BCUT2D eigenvalue weighted by atomic mass is 10.1. The Labute approximate surface area is 99.3 Å². The molecule has 0 aliphatic rings. The lowest BCUT2D eigenvalue weighted by Gasteiger charge is -2.14. The first-order chi connectivity index (χ1) is 7.60. The minimum atomic E-state index is 0.851. The summed E-state index contributed by atoms with van der Waals surface area (Å²) in [5.74, 6) is 0.